The first-order chi connectivity index (χ1) is 11.1. The first kappa shape index (κ1) is 15.5. The van der Waals surface area contributed by atoms with E-state index in [0.29, 0.717) is 25.4 Å². The summed E-state index contributed by atoms with van der Waals surface area (Å²) in [7, 11) is 5.67. The zero-order valence-electron chi connectivity index (χ0n) is 13.6. The van der Waals surface area contributed by atoms with Crippen LogP contribution in [0.25, 0.3) is 0 Å². The highest BCUT2D eigenvalue weighted by Gasteiger charge is 2.28. The van der Waals surface area contributed by atoms with Gasteiger partial charge in [0.05, 0.1) is 18.8 Å². The summed E-state index contributed by atoms with van der Waals surface area (Å²) in [5.41, 5.74) is 1.43. The third kappa shape index (κ3) is 3.19. The molecule has 1 aliphatic rings. The van der Waals surface area contributed by atoms with Crippen molar-refractivity contribution in [3.05, 3.63) is 41.9 Å². The summed E-state index contributed by atoms with van der Waals surface area (Å²) in [4.78, 5) is 21.0. The Hall–Kier alpha value is -2.41. The van der Waals surface area contributed by atoms with E-state index in [0.717, 1.165) is 11.5 Å². The maximum Gasteiger partial charge on any atom is 0.272 e. The first-order valence-corrected chi connectivity index (χ1v) is 7.59. The Kier molecular flexibility index (Phi) is 4.29. The van der Waals surface area contributed by atoms with Crippen LogP contribution in [0.1, 0.15) is 22.3 Å². The smallest absolute Gasteiger partial charge is 0.272 e. The van der Waals surface area contributed by atoms with Crippen LogP contribution in [0.15, 0.2) is 30.5 Å². The number of carbonyl (C=O) groups is 1. The number of ether oxygens (including phenoxy) is 1. The molecule has 0 bridgehead atoms. The summed E-state index contributed by atoms with van der Waals surface area (Å²) < 4.78 is 7.42. The van der Waals surface area contributed by atoms with Crippen LogP contribution in [-0.2, 0) is 11.8 Å². The molecular weight excluding hydrogens is 294 g/mol. The number of nitrogens with zero attached hydrogens (tertiary/aromatic N) is 5. The number of anilines is 1. The largest absolute Gasteiger partial charge is 0.368 e. The lowest BCUT2D eigenvalue weighted by atomic mass is 10.1. The molecule has 1 atom stereocenters. The number of hydrogen-bond donors (Lipinski definition) is 0. The predicted molar refractivity (Wildman–Crippen MR) is 86.4 cm³/mol. The van der Waals surface area contributed by atoms with Crippen LogP contribution in [0.5, 0.6) is 0 Å². The second-order valence-electron chi connectivity index (χ2n) is 5.77. The second kappa shape index (κ2) is 6.37. The number of rotatable bonds is 3. The summed E-state index contributed by atoms with van der Waals surface area (Å²) >= 11 is 0. The quantitative estimate of drug-likeness (QED) is 0.848. The summed E-state index contributed by atoms with van der Waals surface area (Å²) in [6.45, 7) is 1.57. The van der Waals surface area contributed by atoms with Gasteiger partial charge in [0.1, 0.15) is 17.6 Å². The fraction of sp³-hybridized carbons (Fsp3) is 0.438. The van der Waals surface area contributed by atoms with Gasteiger partial charge in [-0.15, -0.1) is 0 Å². The molecule has 2 aromatic heterocycles. The van der Waals surface area contributed by atoms with Gasteiger partial charge in [-0.2, -0.15) is 5.10 Å². The van der Waals surface area contributed by atoms with E-state index >= 15 is 0 Å². The number of hydrogen-bond acceptors (Lipinski definition) is 5. The van der Waals surface area contributed by atoms with Crippen molar-refractivity contribution in [1.82, 2.24) is 19.7 Å². The van der Waals surface area contributed by atoms with E-state index in [9.17, 15) is 4.79 Å². The van der Waals surface area contributed by atoms with Crippen molar-refractivity contribution >= 4 is 11.7 Å². The maximum absolute atomic E-state index is 12.6. The number of pyridine rings is 1. The van der Waals surface area contributed by atoms with E-state index in [-0.39, 0.29) is 12.0 Å². The van der Waals surface area contributed by atoms with Gasteiger partial charge < -0.3 is 14.5 Å². The Morgan fingerprint density at radius 1 is 1.35 bits per heavy atom. The molecule has 122 valence electrons. The average Bonchev–Trinajstić information content (AvgIpc) is 3.00. The molecule has 7 heteroatoms. The van der Waals surface area contributed by atoms with Gasteiger partial charge in [-0.3, -0.25) is 9.48 Å². The van der Waals surface area contributed by atoms with Crippen molar-refractivity contribution in [2.24, 2.45) is 7.05 Å². The molecule has 0 aliphatic carbocycles. The van der Waals surface area contributed by atoms with Crippen LogP contribution in [0, 0.1) is 0 Å². The van der Waals surface area contributed by atoms with Crippen molar-refractivity contribution in [1.29, 1.82) is 0 Å². The zero-order valence-corrected chi connectivity index (χ0v) is 13.6. The molecule has 0 radical (unpaired) electrons. The van der Waals surface area contributed by atoms with Gasteiger partial charge in [0.25, 0.3) is 5.91 Å². The Morgan fingerprint density at radius 3 is 2.87 bits per heavy atom. The molecule has 23 heavy (non-hydrogen) atoms. The minimum Gasteiger partial charge on any atom is -0.368 e. The number of aryl methyl sites for hydroxylation is 1. The van der Waals surface area contributed by atoms with E-state index in [2.05, 4.69) is 10.1 Å². The number of amides is 1. The Morgan fingerprint density at radius 2 is 2.17 bits per heavy atom. The first-order valence-electron chi connectivity index (χ1n) is 7.59. The monoisotopic (exact) mass is 315 g/mol. The van der Waals surface area contributed by atoms with Crippen LogP contribution < -0.4 is 4.90 Å². The molecule has 0 aromatic carbocycles. The summed E-state index contributed by atoms with van der Waals surface area (Å²) in [6, 6.07) is 7.58. The van der Waals surface area contributed by atoms with Crippen molar-refractivity contribution < 1.29 is 9.53 Å². The third-order valence-electron chi connectivity index (χ3n) is 3.94. The van der Waals surface area contributed by atoms with E-state index in [1.807, 2.05) is 37.2 Å². The molecule has 1 saturated heterocycles. The molecular formula is C16H21N5O2. The summed E-state index contributed by atoms with van der Waals surface area (Å²) in [6.07, 6.45) is 1.42. The van der Waals surface area contributed by atoms with Crippen molar-refractivity contribution in [2.45, 2.75) is 6.10 Å². The normalized spacial score (nSPS) is 18.0. The second-order valence-corrected chi connectivity index (χ2v) is 5.77. The van der Waals surface area contributed by atoms with Crippen LogP contribution in [0.3, 0.4) is 0 Å². The van der Waals surface area contributed by atoms with Crippen molar-refractivity contribution in [2.75, 3.05) is 38.7 Å². The Balaban J connectivity index is 1.77. The van der Waals surface area contributed by atoms with Gasteiger partial charge in [0.2, 0.25) is 0 Å². The van der Waals surface area contributed by atoms with E-state index in [4.69, 9.17) is 4.74 Å². The fourth-order valence-corrected chi connectivity index (χ4v) is 2.63. The number of morpholine rings is 1. The van der Waals surface area contributed by atoms with Gasteiger partial charge >= 0.3 is 0 Å². The van der Waals surface area contributed by atoms with Crippen LogP contribution in [0.4, 0.5) is 5.82 Å². The molecule has 1 amide bonds. The lowest BCUT2D eigenvalue weighted by Gasteiger charge is -2.32. The SMILES string of the molecule is CN(C)c1cccc([C@H]2CN(C(=O)c3ccnn3C)CCO2)n1. The molecule has 0 spiro atoms. The third-order valence-corrected chi connectivity index (χ3v) is 3.94. The zero-order chi connectivity index (χ0) is 16.4. The fourth-order valence-electron chi connectivity index (χ4n) is 2.63. The highest BCUT2D eigenvalue weighted by Crippen LogP contribution is 2.23. The van der Waals surface area contributed by atoms with Crippen LogP contribution >= 0.6 is 0 Å². The van der Waals surface area contributed by atoms with E-state index < -0.39 is 0 Å². The van der Waals surface area contributed by atoms with E-state index in [1.54, 1.807) is 28.9 Å². The standard InChI is InChI=1S/C16H21N5O2/c1-19(2)15-6-4-5-12(18-15)14-11-21(9-10-23-14)16(22)13-7-8-17-20(13)3/h4-8,14H,9-11H2,1-3H3/t14-/m1/s1. The molecule has 2 aromatic rings. The number of carbonyl (C=O) groups excluding carboxylic acids is 1. The molecule has 3 heterocycles. The maximum atomic E-state index is 12.6. The average molecular weight is 315 g/mol. The van der Waals surface area contributed by atoms with Crippen molar-refractivity contribution in [3.8, 4) is 0 Å². The topological polar surface area (TPSA) is 63.5 Å². The van der Waals surface area contributed by atoms with Gasteiger partial charge in [0.15, 0.2) is 0 Å². The summed E-state index contributed by atoms with van der Waals surface area (Å²) in [5.74, 6) is 0.850. The minimum atomic E-state index is -0.208. The molecule has 0 N–H and O–H groups in total. The number of aromatic nitrogens is 3. The lowest BCUT2D eigenvalue weighted by Crippen LogP contribution is -2.43. The highest BCUT2D eigenvalue weighted by molar-refractivity contribution is 5.92. The van der Waals surface area contributed by atoms with Gasteiger partial charge in [-0.25, -0.2) is 4.98 Å². The van der Waals surface area contributed by atoms with Crippen molar-refractivity contribution in [3.63, 3.8) is 0 Å². The molecule has 3 rings (SSSR count). The minimum absolute atomic E-state index is 0.0259. The molecule has 7 nitrogen and oxygen atoms in total. The van der Waals surface area contributed by atoms with Gasteiger partial charge in [0, 0.05) is 33.9 Å². The van der Waals surface area contributed by atoms with Gasteiger partial charge in [-0.05, 0) is 18.2 Å². The van der Waals surface area contributed by atoms with E-state index in [1.165, 1.54) is 0 Å². The highest BCUT2D eigenvalue weighted by atomic mass is 16.5. The Bertz CT molecular complexity index is 697. The van der Waals surface area contributed by atoms with Crippen LogP contribution in [0.2, 0.25) is 0 Å². The van der Waals surface area contributed by atoms with Gasteiger partial charge in [-0.1, -0.05) is 6.07 Å². The molecule has 1 aliphatic heterocycles. The summed E-state index contributed by atoms with van der Waals surface area (Å²) in [5, 5.41) is 4.06. The molecule has 0 unspecified atom stereocenters. The van der Waals surface area contributed by atoms with Crippen LogP contribution in [-0.4, -0.2) is 59.4 Å². The molecule has 1 fully saturated rings. The predicted octanol–water partition coefficient (Wildman–Crippen LogP) is 1.09. The lowest BCUT2D eigenvalue weighted by molar-refractivity contribution is -0.0250. The molecule has 0 saturated carbocycles. The Labute approximate surface area is 135 Å².